The van der Waals surface area contributed by atoms with E-state index in [1.165, 1.54) is 6.42 Å². The third-order valence-corrected chi connectivity index (χ3v) is 4.78. The van der Waals surface area contributed by atoms with Crippen molar-refractivity contribution in [3.8, 4) is 0 Å². The molecule has 1 saturated carbocycles. The lowest BCUT2D eigenvalue weighted by molar-refractivity contribution is -0.139. The van der Waals surface area contributed by atoms with Gasteiger partial charge in [0, 0.05) is 13.0 Å². The summed E-state index contributed by atoms with van der Waals surface area (Å²) in [7, 11) is 0. The smallest absolute Gasteiger partial charge is 0.240 e. The van der Waals surface area contributed by atoms with Gasteiger partial charge in [-0.3, -0.25) is 9.59 Å². The molecule has 5 heteroatoms. The van der Waals surface area contributed by atoms with Crippen LogP contribution < -0.4 is 11.5 Å². The Kier molecular flexibility index (Phi) is 4.45. The van der Waals surface area contributed by atoms with Crippen LogP contribution in [0.1, 0.15) is 51.4 Å². The first kappa shape index (κ1) is 14.3. The normalized spacial score (nSPS) is 26.4. The predicted octanol–water partition coefficient (Wildman–Crippen LogP) is 0.762. The van der Waals surface area contributed by atoms with Crippen molar-refractivity contribution in [2.24, 2.45) is 16.9 Å². The molecule has 1 aliphatic heterocycles. The van der Waals surface area contributed by atoms with E-state index in [4.69, 9.17) is 11.5 Å². The van der Waals surface area contributed by atoms with Crippen LogP contribution in [0.3, 0.4) is 0 Å². The molecular weight excluding hydrogens is 242 g/mol. The summed E-state index contributed by atoms with van der Waals surface area (Å²) in [4.78, 5) is 25.5. The molecule has 0 aromatic rings. The molecule has 2 rings (SSSR count). The van der Waals surface area contributed by atoms with E-state index < -0.39 is 6.04 Å². The van der Waals surface area contributed by atoms with Gasteiger partial charge in [-0.2, -0.15) is 0 Å². The summed E-state index contributed by atoms with van der Waals surface area (Å²) in [5, 5.41) is 0. The molecule has 2 amide bonds. The maximum absolute atomic E-state index is 12.5. The Hall–Kier alpha value is -1.10. The summed E-state index contributed by atoms with van der Waals surface area (Å²) in [5.41, 5.74) is 11.2. The van der Waals surface area contributed by atoms with Gasteiger partial charge in [0.15, 0.2) is 0 Å². The number of hydrogen-bond donors (Lipinski definition) is 2. The maximum atomic E-state index is 12.5. The second kappa shape index (κ2) is 5.90. The van der Waals surface area contributed by atoms with Gasteiger partial charge in [-0.05, 0) is 37.6 Å². The van der Waals surface area contributed by atoms with Crippen molar-refractivity contribution in [3.05, 3.63) is 0 Å². The topological polar surface area (TPSA) is 89.4 Å². The monoisotopic (exact) mass is 267 g/mol. The molecule has 108 valence electrons. The van der Waals surface area contributed by atoms with Crippen LogP contribution in [0.25, 0.3) is 0 Å². The molecule has 1 heterocycles. The van der Waals surface area contributed by atoms with Crippen LogP contribution in [0.5, 0.6) is 0 Å². The van der Waals surface area contributed by atoms with E-state index in [1.807, 2.05) is 0 Å². The summed E-state index contributed by atoms with van der Waals surface area (Å²) in [6, 6.07) is -0.397. The van der Waals surface area contributed by atoms with Gasteiger partial charge in [-0.1, -0.05) is 19.3 Å². The van der Waals surface area contributed by atoms with Crippen molar-refractivity contribution in [3.63, 3.8) is 0 Å². The first-order valence-corrected chi connectivity index (χ1v) is 7.37. The van der Waals surface area contributed by atoms with Gasteiger partial charge in [-0.15, -0.1) is 0 Å². The molecule has 19 heavy (non-hydrogen) atoms. The van der Waals surface area contributed by atoms with Gasteiger partial charge in [0.05, 0.1) is 0 Å². The molecular formula is C14H25N3O2. The van der Waals surface area contributed by atoms with Crippen molar-refractivity contribution in [2.45, 2.75) is 57.4 Å². The number of carbonyl (C=O) groups is 2. The molecule has 1 saturated heterocycles. The molecule has 0 spiro atoms. The van der Waals surface area contributed by atoms with Crippen LogP contribution in [0, 0.1) is 5.41 Å². The molecule has 5 nitrogen and oxygen atoms in total. The minimum atomic E-state index is -0.397. The van der Waals surface area contributed by atoms with Gasteiger partial charge >= 0.3 is 0 Å². The molecule has 2 aliphatic rings. The van der Waals surface area contributed by atoms with E-state index in [1.54, 1.807) is 4.90 Å². The predicted molar refractivity (Wildman–Crippen MR) is 73.1 cm³/mol. The van der Waals surface area contributed by atoms with Crippen molar-refractivity contribution in [2.75, 3.05) is 13.1 Å². The summed E-state index contributed by atoms with van der Waals surface area (Å²) in [6.07, 6.45) is 7.67. The van der Waals surface area contributed by atoms with Crippen LogP contribution in [-0.2, 0) is 9.59 Å². The Bertz CT molecular complexity index is 351. The third kappa shape index (κ3) is 3.08. The number of rotatable bonds is 4. The molecule has 2 fully saturated rings. The average Bonchev–Trinajstić information content (AvgIpc) is 2.89. The first-order valence-electron chi connectivity index (χ1n) is 7.37. The molecule has 0 bridgehead atoms. The zero-order chi connectivity index (χ0) is 13.9. The molecule has 1 atom stereocenters. The Morgan fingerprint density at radius 2 is 1.84 bits per heavy atom. The number of carbonyl (C=O) groups excluding carboxylic acids is 2. The molecule has 0 aromatic carbocycles. The van der Waals surface area contributed by atoms with Crippen molar-refractivity contribution >= 4 is 11.8 Å². The van der Waals surface area contributed by atoms with E-state index >= 15 is 0 Å². The minimum Gasteiger partial charge on any atom is -0.368 e. The summed E-state index contributed by atoms with van der Waals surface area (Å²) in [5.74, 6) is -0.315. The lowest BCUT2D eigenvalue weighted by atomic mass is 9.71. The highest BCUT2D eigenvalue weighted by molar-refractivity contribution is 5.87. The number of amides is 2. The van der Waals surface area contributed by atoms with Crippen molar-refractivity contribution < 1.29 is 9.59 Å². The fourth-order valence-electron chi connectivity index (χ4n) is 3.54. The summed E-state index contributed by atoms with van der Waals surface area (Å²) >= 11 is 0. The lowest BCUT2D eigenvalue weighted by Gasteiger charge is -2.37. The van der Waals surface area contributed by atoms with Crippen molar-refractivity contribution in [1.29, 1.82) is 0 Å². The molecule has 1 aliphatic carbocycles. The van der Waals surface area contributed by atoms with Gasteiger partial charge in [0.2, 0.25) is 11.8 Å². The number of primary amides is 1. The zero-order valence-corrected chi connectivity index (χ0v) is 11.6. The number of hydrogen-bond acceptors (Lipinski definition) is 3. The average molecular weight is 267 g/mol. The number of likely N-dealkylation sites (tertiary alicyclic amines) is 1. The minimum absolute atomic E-state index is 0.0415. The zero-order valence-electron chi connectivity index (χ0n) is 11.6. The second-order valence-corrected chi connectivity index (χ2v) is 6.09. The van der Waals surface area contributed by atoms with Gasteiger partial charge in [-0.25, -0.2) is 0 Å². The summed E-state index contributed by atoms with van der Waals surface area (Å²) in [6.45, 7) is 1.22. The van der Waals surface area contributed by atoms with Crippen LogP contribution in [0.2, 0.25) is 0 Å². The van der Waals surface area contributed by atoms with E-state index in [-0.39, 0.29) is 17.2 Å². The van der Waals surface area contributed by atoms with Crippen LogP contribution >= 0.6 is 0 Å². The highest BCUT2D eigenvalue weighted by atomic mass is 16.2. The highest BCUT2D eigenvalue weighted by Crippen LogP contribution is 2.39. The lowest BCUT2D eigenvalue weighted by Crippen LogP contribution is -2.46. The fourth-order valence-corrected chi connectivity index (χ4v) is 3.54. The molecule has 0 radical (unpaired) electrons. The SMILES string of the molecule is NCC1(CC(=O)N2CCCC2C(N)=O)CCCCC1. The van der Waals surface area contributed by atoms with Crippen molar-refractivity contribution in [1.82, 2.24) is 4.90 Å². The second-order valence-electron chi connectivity index (χ2n) is 6.09. The fraction of sp³-hybridized carbons (Fsp3) is 0.857. The number of nitrogens with zero attached hydrogens (tertiary/aromatic N) is 1. The van der Waals surface area contributed by atoms with Gasteiger partial charge < -0.3 is 16.4 Å². The third-order valence-electron chi connectivity index (χ3n) is 4.78. The standard InChI is InChI=1S/C14H25N3O2/c15-10-14(6-2-1-3-7-14)9-12(18)17-8-4-5-11(17)13(16)19/h11H,1-10,15H2,(H2,16,19). The Morgan fingerprint density at radius 1 is 1.16 bits per heavy atom. The van der Waals surface area contributed by atoms with E-state index in [0.717, 1.165) is 32.1 Å². The Balaban J connectivity index is 2.01. The van der Waals surface area contributed by atoms with Crippen LogP contribution in [-0.4, -0.2) is 35.8 Å². The van der Waals surface area contributed by atoms with E-state index in [2.05, 4.69) is 0 Å². The first-order chi connectivity index (χ1) is 9.08. The van der Waals surface area contributed by atoms with Gasteiger partial charge in [0.25, 0.3) is 0 Å². The van der Waals surface area contributed by atoms with E-state index in [9.17, 15) is 9.59 Å². The number of nitrogens with two attached hydrogens (primary N) is 2. The van der Waals surface area contributed by atoms with E-state index in [0.29, 0.717) is 25.9 Å². The largest absolute Gasteiger partial charge is 0.368 e. The molecule has 1 unspecified atom stereocenters. The van der Waals surface area contributed by atoms with Crippen LogP contribution in [0.4, 0.5) is 0 Å². The quantitative estimate of drug-likeness (QED) is 0.788. The molecule has 4 N–H and O–H groups in total. The summed E-state index contributed by atoms with van der Waals surface area (Å²) < 4.78 is 0. The Labute approximate surface area is 114 Å². The molecule has 0 aromatic heterocycles. The maximum Gasteiger partial charge on any atom is 0.240 e. The van der Waals surface area contributed by atoms with Crippen LogP contribution in [0.15, 0.2) is 0 Å². The van der Waals surface area contributed by atoms with Gasteiger partial charge in [0.1, 0.15) is 6.04 Å². The highest BCUT2D eigenvalue weighted by Gasteiger charge is 2.38. The Morgan fingerprint density at radius 3 is 2.42 bits per heavy atom.